The molecule has 8 bridgehead atoms. The van der Waals surface area contributed by atoms with Gasteiger partial charge in [0.1, 0.15) is 0 Å². The Morgan fingerprint density at radius 3 is 1.07 bits per heavy atom. The van der Waals surface area contributed by atoms with Crippen molar-refractivity contribution in [2.24, 2.45) is 0 Å². The molecule has 0 radical (unpaired) electrons. The van der Waals surface area contributed by atoms with Crippen molar-refractivity contribution in [1.82, 2.24) is 19.9 Å². The Hall–Kier alpha value is -5.78. The molecule has 43 heavy (non-hydrogen) atoms. The van der Waals surface area contributed by atoms with Crippen molar-refractivity contribution >= 4 is 70.3 Å². The molecule has 0 saturated carbocycles. The minimum absolute atomic E-state index is 0.782. The van der Waals surface area contributed by atoms with Crippen LogP contribution < -0.4 is 4.46 Å². The number of hydrogen-bond donors (Lipinski definition) is 6. The van der Waals surface area contributed by atoms with Crippen molar-refractivity contribution in [3.63, 3.8) is 0 Å². The van der Waals surface area contributed by atoms with E-state index in [-0.39, 0.29) is 0 Å². The first-order chi connectivity index (χ1) is 20.5. The van der Waals surface area contributed by atoms with E-state index in [0.29, 0.717) is 0 Å². The van der Waals surface area contributed by atoms with Crippen LogP contribution in [0.25, 0.3) is 46.4 Å². The third kappa shape index (κ3) is 4.78. The number of carboxylic acid groups (broad SMARTS) is 4. The van der Waals surface area contributed by atoms with E-state index in [1.165, 1.54) is 18.2 Å². The summed E-state index contributed by atoms with van der Waals surface area (Å²) in [6, 6.07) is 21.8. The van der Waals surface area contributed by atoms with Gasteiger partial charge in [-0.05, 0) is 72.8 Å². The van der Waals surface area contributed by atoms with Crippen LogP contribution in [0.15, 0.2) is 78.9 Å². The van der Waals surface area contributed by atoms with E-state index >= 15 is 0 Å². The fourth-order valence-corrected chi connectivity index (χ4v) is 6.95. The van der Waals surface area contributed by atoms with Crippen LogP contribution in [0.1, 0.15) is 22.8 Å². The third-order valence-electron chi connectivity index (χ3n) is 6.13. The third-order valence-corrected chi connectivity index (χ3v) is 10.8. The van der Waals surface area contributed by atoms with Crippen molar-refractivity contribution in [1.29, 1.82) is 0 Å². The number of rotatable bonds is 5. The molecule has 3 aromatic heterocycles. The first kappa shape index (κ1) is 28.7. The van der Waals surface area contributed by atoms with Gasteiger partial charge in [-0.25, -0.2) is 9.97 Å². The van der Waals surface area contributed by atoms with E-state index in [9.17, 15) is 19.2 Å². The zero-order chi connectivity index (χ0) is 30.8. The summed E-state index contributed by atoms with van der Waals surface area (Å²) in [7, 11) is 0. The van der Waals surface area contributed by atoms with E-state index in [1.807, 2.05) is 48.6 Å². The summed E-state index contributed by atoms with van der Waals surface area (Å²) in [6.07, 6.45) is 8.09. The average Bonchev–Trinajstić information content (AvgIpc) is 3.76. The van der Waals surface area contributed by atoms with Crippen molar-refractivity contribution < 1.29 is 51.4 Å². The predicted molar refractivity (Wildman–Crippen MR) is 157 cm³/mol. The molecule has 0 spiro atoms. The van der Waals surface area contributed by atoms with E-state index < -0.39 is 35.7 Å². The molecular weight excluding hydrogens is 608 g/mol. The summed E-state index contributed by atoms with van der Waals surface area (Å²) in [4.78, 5) is 51.9. The molecule has 4 aromatic rings. The summed E-state index contributed by atoms with van der Waals surface area (Å²) in [5, 5.41) is 36.6. The van der Waals surface area contributed by atoms with Crippen molar-refractivity contribution in [3.05, 3.63) is 102 Å². The monoisotopic (exact) mass is 630 g/mol. The van der Waals surface area contributed by atoms with Gasteiger partial charge in [-0.3, -0.25) is 0 Å². The number of benzene rings is 1. The standard InChI is InChI=1S/C20H14N4.C6H5.4CHO2.Cu/c1-2-14-10-16-5-6-18(23-16)12-20-8-7-19(24-20)11-17-4-3-15(22-17)9-13(1)21-14;1-2-4-6-5-3-1;4*2-1-3;/h1-12,21,24H;1-5H;4*(H,2,3);. The summed E-state index contributed by atoms with van der Waals surface area (Å²) >= 11 is -5.99. The summed E-state index contributed by atoms with van der Waals surface area (Å²) in [5.74, 6) is 0. The molecule has 6 N–H and O–H groups in total. The summed E-state index contributed by atoms with van der Waals surface area (Å²) < 4.78 is -0.782. The fourth-order valence-electron chi connectivity index (χ4n) is 4.17. The molecule has 0 aliphatic carbocycles. The first-order valence-corrected chi connectivity index (χ1v) is 14.6. The van der Waals surface area contributed by atoms with Gasteiger partial charge in [0.15, 0.2) is 0 Å². The van der Waals surface area contributed by atoms with Crippen molar-refractivity contribution in [2.75, 3.05) is 0 Å². The van der Waals surface area contributed by atoms with E-state index in [1.54, 1.807) is 0 Å². The van der Waals surface area contributed by atoms with Crippen LogP contribution in [0.2, 0.25) is 0 Å². The molecule has 222 valence electrons. The number of carbonyl (C=O) groups is 4. The van der Waals surface area contributed by atoms with Crippen LogP contribution in [0, 0.1) is 0 Å². The van der Waals surface area contributed by atoms with E-state index in [2.05, 4.69) is 44.2 Å². The average molecular weight is 631 g/mol. The molecule has 5 heterocycles. The van der Waals surface area contributed by atoms with Gasteiger partial charge in [0, 0.05) is 22.1 Å². The van der Waals surface area contributed by atoms with Gasteiger partial charge < -0.3 is 9.97 Å². The van der Waals surface area contributed by atoms with Crippen LogP contribution in [0.5, 0.6) is 0 Å². The number of fused-ring (bicyclic) bond motifs is 8. The fraction of sp³-hybridized carbons (Fsp3) is 0. The zero-order valence-corrected chi connectivity index (χ0v) is 22.9. The minimum atomic E-state index is -5.99. The van der Waals surface area contributed by atoms with Gasteiger partial charge in [-0.2, -0.15) is 0 Å². The van der Waals surface area contributed by atoms with Crippen LogP contribution in [-0.2, 0) is 11.8 Å². The zero-order valence-electron chi connectivity index (χ0n) is 21.9. The Morgan fingerprint density at radius 1 is 0.488 bits per heavy atom. The molecule has 12 nitrogen and oxygen atoms in total. The molecule has 0 saturated heterocycles. The van der Waals surface area contributed by atoms with Gasteiger partial charge in [0.2, 0.25) is 0 Å². The molecule has 0 unspecified atom stereocenters. The number of aromatic amines is 2. The van der Waals surface area contributed by atoms with Gasteiger partial charge >= 0.3 is 106 Å². The quantitative estimate of drug-likeness (QED) is 0.116. The van der Waals surface area contributed by atoms with Gasteiger partial charge in [0.05, 0.1) is 22.8 Å². The molecule has 13 heteroatoms. The molecule has 0 amide bonds. The molecule has 6 rings (SSSR count). The molecular formula is C30H23CuN4O8. The van der Waals surface area contributed by atoms with Crippen molar-refractivity contribution in [3.8, 4) is 0 Å². The van der Waals surface area contributed by atoms with Gasteiger partial charge in [0.25, 0.3) is 0 Å². The number of nitrogens with one attached hydrogen (secondary N) is 2. The van der Waals surface area contributed by atoms with Crippen LogP contribution in [0.4, 0.5) is 19.2 Å². The van der Waals surface area contributed by atoms with Crippen LogP contribution in [-0.4, -0.2) is 59.8 Å². The Balaban J connectivity index is 0.000000177. The number of hydrogen-bond acceptors (Lipinski definition) is 6. The molecule has 0 fully saturated rings. The SMILES string of the molecule is C1=Cc2cc3ccc(cc4nc(cc5ccc(cc1n2)[nH]5)C=C4)[nH]3.O=[C](O)[Cu]([C](=O)O)([C](=O)O)([C](=O)O)[c]1ccccc1. The molecule has 2 aliphatic heterocycles. The van der Waals surface area contributed by atoms with Gasteiger partial charge in [-0.1, -0.05) is 0 Å². The van der Waals surface area contributed by atoms with Crippen molar-refractivity contribution in [2.45, 2.75) is 0 Å². The van der Waals surface area contributed by atoms with E-state index in [0.717, 1.165) is 57.0 Å². The van der Waals surface area contributed by atoms with Crippen LogP contribution >= 0.6 is 0 Å². The predicted octanol–water partition coefficient (Wildman–Crippen LogP) is 6.37. The maximum absolute atomic E-state index is 11.4. The molecule has 0 atom stereocenters. The Morgan fingerprint density at radius 2 is 0.791 bits per heavy atom. The Kier molecular flexibility index (Phi) is 7.28. The first-order valence-electron chi connectivity index (χ1n) is 12.2. The Labute approximate surface area is 242 Å². The topological polar surface area (TPSA) is 207 Å². The van der Waals surface area contributed by atoms with Gasteiger partial charge in [-0.15, -0.1) is 0 Å². The maximum atomic E-state index is 11.4. The molecule has 1 aromatic carbocycles. The normalized spacial score (nSPS) is 12.8. The number of H-pyrrole nitrogens is 2. The summed E-state index contributed by atoms with van der Waals surface area (Å²) in [6.45, 7) is 0. The van der Waals surface area contributed by atoms with E-state index in [4.69, 9.17) is 20.4 Å². The molecule has 2 aliphatic rings. The van der Waals surface area contributed by atoms with Crippen LogP contribution in [0.3, 0.4) is 0 Å². The second kappa shape index (κ2) is 10.9. The Bertz CT molecular complexity index is 1790. The number of nitrogens with zero attached hydrogens (tertiary/aromatic N) is 2. The number of aromatic nitrogens is 4. The second-order valence-corrected chi connectivity index (χ2v) is 13.3. The second-order valence-electron chi connectivity index (χ2n) is 8.79. The summed E-state index contributed by atoms with van der Waals surface area (Å²) in [5.41, 5.74) is 7.86.